The number of furan rings is 1. The maximum absolute atomic E-state index is 12.4. The van der Waals surface area contributed by atoms with E-state index >= 15 is 0 Å². The number of hydrazone groups is 1. The molecule has 2 saturated carbocycles. The molecule has 2 aliphatic carbocycles. The molecule has 5 heteroatoms. The van der Waals surface area contributed by atoms with Gasteiger partial charge in [-0.2, -0.15) is 5.10 Å². The Balaban J connectivity index is 1.31. The van der Waals surface area contributed by atoms with Crippen LogP contribution >= 0.6 is 0 Å². The summed E-state index contributed by atoms with van der Waals surface area (Å²) in [5.74, 6) is 2.38. The van der Waals surface area contributed by atoms with Gasteiger partial charge in [-0.25, -0.2) is 5.43 Å². The fraction of sp³-hybridized carbons (Fsp3) is 0.684. The van der Waals surface area contributed by atoms with Crippen LogP contribution in [0.3, 0.4) is 0 Å². The van der Waals surface area contributed by atoms with Crippen LogP contribution in [0.25, 0.3) is 0 Å². The van der Waals surface area contributed by atoms with E-state index in [1.165, 1.54) is 44.9 Å². The standard InChI is InChI=1S/C19H27N3O2/c1-19-10-4-3-7-15(19)17(19)18(23)21-20-13-14-8-9-16(24-14)22-11-5-2-6-12-22/h8-9,13,15,17H,2-7,10-12H2,1H3,(H,21,23)/b20-13-/t15-,17+,19+/m0/s1. The van der Waals surface area contributed by atoms with Crippen molar-refractivity contribution in [2.24, 2.45) is 22.4 Å². The van der Waals surface area contributed by atoms with Gasteiger partial charge in [0.25, 0.3) is 0 Å². The first kappa shape index (κ1) is 15.7. The van der Waals surface area contributed by atoms with Crippen LogP contribution in [0.1, 0.15) is 57.6 Å². The van der Waals surface area contributed by atoms with E-state index in [4.69, 9.17) is 4.42 Å². The van der Waals surface area contributed by atoms with Gasteiger partial charge in [0.15, 0.2) is 5.88 Å². The lowest BCUT2D eigenvalue weighted by molar-refractivity contribution is -0.123. The number of hydrogen-bond donors (Lipinski definition) is 1. The van der Waals surface area contributed by atoms with Crippen molar-refractivity contribution in [1.82, 2.24) is 5.43 Å². The number of piperidine rings is 1. The van der Waals surface area contributed by atoms with E-state index in [9.17, 15) is 4.79 Å². The molecule has 3 fully saturated rings. The monoisotopic (exact) mass is 329 g/mol. The molecule has 0 aromatic carbocycles. The molecule has 3 aliphatic rings. The minimum Gasteiger partial charge on any atom is -0.440 e. The molecule has 0 unspecified atom stereocenters. The first-order valence-corrected chi connectivity index (χ1v) is 9.36. The molecule has 2 heterocycles. The fourth-order valence-corrected chi connectivity index (χ4v) is 4.78. The summed E-state index contributed by atoms with van der Waals surface area (Å²) >= 11 is 0. The quantitative estimate of drug-likeness (QED) is 0.679. The maximum atomic E-state index is 12.4. The number of carbonyl (C=O) groups is 1. The fourth-order valence-electron chi connectivity index (χ4n) is 4.78. The van der Waals surface area contributed by atoms with E-state index in [1.54, 1.807) is 6.21 Å². The minimum atomic E-state index is 0.0726. The summed E-state index contributed by atoms with van der Waals surface area (Å²) < 4.78 is 5.82. The molecule has 130 valence electrons. The second-order valence-corrected chi connectivity index (χ2v) is 7.79. The summed E-state index contributed by atoms with van der Waals surface area (Å²) in [5, 5.41) is 4.11. The second kappa shape index (κ2) is 6.26. The zero-order valence-electron chi connectivity index (χ0n) is 14.5. The Labute approximate surface area is 143 Å². The largest absolute Gasteiger partial charge is 0.440 e. The number of nitrogens with zero attached hydrogens (tertiary/aromatic N) is 2. The number of anilines is 1. The van der Waals surface area contributed by atoms with Crippen LogP contribution in [0.15, 0.2) is 21.7 Å². The van der Waals surface area contributed by atoms with Gasteiger partial charge in [0.05, 0.1) is 6.21 Å². The molecule has 1 N–H and O–H groups in total. The number of fused-ring (bicyclic) bond motifs is 1. The summed E-state index contributed by atoms with van der Waals surface area (Å²) in [4.78, 5) is 14.6. The smallest absolute Gasteiger partial charge is 0.244 e. The Hall–Kier alpha value is -1.78. The van der Waals surface area contributed by atoms with Crippen LogP contribution in [-0.2, 0) is 4.79 Å². The SMILES string of the molecule is C[C@@]12CCCC[C@H]1[C@@H]2C(=O)N/N=C\c1ccc(N2CCCCC2)o1. The first-order chi connectivity index (χ1) is 11.7. The highest BCUT2D eigenvalue weighted by Crippen LogP contribution is 2.66. The summed E-state index contributed by atoms with van der Waals surface area (Å²) in [6, 6.07) is 3.91. The van der Waals surface area contributed by atoms with Gasteiger partial charge in [-0.3, -0.25) is 4.79 Å². The molecule has 0 bridgehead atoms. The molecule has 24 heavy (non-hydrogen) atoms. The van der Waals surface area contributed by atoms with Crippen LogP contribution in [-0.4, -0.2) is 25.2 Å². The van der Waals surface area contributed by atoms with Crippen molar-refractivity contribution in [3.8, 4) is 0 Å². The van der Waals surface area contributed by atoms with Crippen LogP contribution in [0.4, 0.5) is 5.88 Å². The molecule has 1 saturated heterocycles. The van der Waals surface area contributed by atoms with Gasteiger partial charge < -0.3 is 9.32 Å². The van der Waals surface area contributed by atoms with Gasteiger partial charge in [-0.15, -0.1) is 0 Å². The third kappa shape index (κ3) is 2.85. The average molecular weight is 329 g/mol. The lowest BCUT2D eigenvalue weighted by Gasteiger charge is -2.25. The van der Waals surface area contributed by atoms with Crippen molar-refractivity contribution in [3.63, 3.8) is 0 Å². The Bertz CT molecular complexity index is 632. The second-order valence-electron chi connectivity index (χ2n) is 7.79. The van der Waals surface area contributed by atoms with Crippen LogP contribution in [0.2, 0.25) is 0 Å². The summed E-state index contributed by atoms with van der Waals surface area (Å²) in [6.45, 7) is 4.37. The molecular weight excluding hydrogens is 302 g/mol. The van der Waals surface area contributed by atoms with Crippen LogP contribution in [0, 0.1) is 17.3 Å². The van der Waals surface area contributed by atoms with Crippen LogP contribution in [0.5, 0.6) is 0 Å². The minimum absolute atomic E-state index is 0.0726. The van der Waals surface area contributed by atoms with Crippen molar-refractivity contribution in [2.45, 2.75) is 51.9 Å². The molecule has 4 rings (SSSR count). The molecule has 1 amide bonds. The molecule has 0 spiro atoms. The Kier molecular flexibility index (Phi) is 4.10. The Morgan fingerprint density at radius 3 is 2.88 bits per heavy atom. The zero-order chi connectivity index (χ0) is 16.6. The number of nitrogens with one attached hydrogen (secondary N) is 1. The van der Waals surface area contributed by atoms with Gasteiger partial charge >= 0.3 is 0 Å². The predicted octanol–water partition coefficient (Wildman–Crippen LogP) is 3.55. The predicted molar refractivity (Wildman–Crippen MR) is 94.1 cm³/mol. The van der Waals surface area contributed by atoms with E-state index in [0.29, 0.717) is 11.7 Å². The lowest BCUT2D eigenvalue weighted by Crippen LogP contribution is -2.28. The highest BCUT2D eigenvalue weighted by molar-refractivity contribution is 5.85. The topological polar surface area (TPSA) is 57.8 Å². The lowest BCUT2D eigenvalue weighted by atomic mass is 9.90. The zero-order valence-corrected chi connectivity index (χ0v) is 14.5. The van der Waals surface area contributed by atoms with Gasteiger partial charge in [0.1, 0.15) is 5.76 Å². The summed E-state index contributed by atoms with van der Waals surface area (Å²) in [5.41, 5.74) is 2.95. The normalized spacial score (nSPS) is 32.6. The third-order valence-corrected chi connectivity index (χ3v) is 6.26. The van der Waals surface area contributed by atoms with Crippen molar-refractivity contribution in [1.29, 1.82) is 0 Å². The molecule has 1 aliphatic heterocycles. The molecule has 5 nitrogen and oxygen atoms in total. The molecule has 0 radical (unpaired) electrons. The number of carbonyl (C=O) groups excluding carboxylic acids is 1. The maximum Gasteiger partial charge on any atom is 0.244 e. The van der Waals surface area contributed by atoms with E-state index in [0.717, 1.165) is 19.0 Å². The third-order valence-electron chi connectivity index (χ3n) is 6.26. The molecule has 1 aromatic heterocycles. The van der Waals surface area contributed by atoms with Crippen molar-refractivity contribution in [3.05, 3.63) is 17.9 Å². The average Bonchev–Trinajstić information content (AvgIpc) is 2.97. The summed E-state index contributed by atoms with van der Waals surface area (Å²) in [7, 11) is 0. The van der Waals surface area contributed by atoms with E-state index in [2.05, 4.69) is 22.4 Å². The van der Waals surface area contributed by atoms with Gasteiger partial charge in [-0.1, -0.05) is 19.8 Å². The van der Waals surface area contributed by atoms with Crippen molar-refractivity contribution < 1.29 is 9.21 Å². The van der Waals surface area contributed by atoms with Gasteiger partial charge in [-0.05, 0) is 49.5 Å². The highest BCUT2D eigenvalue weighted by atomic mass is 16.4. The van der Waals surface area contributed by atoms with Crippen molar-refractivity contribution in [2.75, 3.05) is 18.0 Å². The van der Waals surface area contributed by atoms with Gasteiger partial charge in [0, 0.05) is 25.1 Å². The highest BCUT2D eigenvalue weighted by Gasteiger charge is 2.64. The molecule has 1 aromatic rings. The molecular formula is C19H27N3O2. The Morgan fingerprint density at radius 1 is 1.29 bits per heavy atom. The van der Waals surface area contributed by atoms with Crippen LogP contribution < -0.4 is 10.3 Å². The molecule has 3 atom stereocenters. The number of amides is 1. The van der Waals surface area contributed by atoms with Crippen molar-refractivity contribution >= 4 is 18.0 Å². The van der Waals surface area contributed by atoms with E-state index < -0.39 is 0 Å². The first-order valence-electron chi connectivity index (χ1n) is 9.36. The van der Waals surface area contributed by atoms with E-state index in [-0.39, 0.29) is 17.2 Å². The number of rotatable bonds is 4. The van der Waals surface area contributed by atoms with Gasteiger partial charge in [0.2, 0.25) is 5.91 Å². The number of hydrogen-bond acceptors (Lipinski definition) is 4. The van der Waals surface area contributed by atoms with E-state index in [1.807, 2.05) is 12.1 Å². The summed E-state index contributed by atoms with van der Waals surface area (Å²) in [6.07, 6.45) is 10.2. The Morgan fingerprint density at radius 2 is 2.12 bits per heavy atom.